The third-order valence-electron chi connectivity index (χ3n) is 4.23. The number of rotatable bonds is 2. The molecule has 2 heterocycles. The minimum atomic E-state index is -4.33. The van der Waals surface area contributed by atoms with Crippen LogP contribution < -0.4 is 5.32 Å². The van der Waals surface area contributed by atoms with Gasteiger partial charge >= 0.3 is 6.18 Å². The Balaban J connectivity index is 1.78. The fourth-order valence-corrected chi connectivity index (χ4v) is 3.77. The lowest BCUT2D eigenvalue weighted by Crippen LogP contribution is -2.33. The number of hydrogen-bond acceptors (Lipinski definition) is 2. The van der Waals surface area contributed by atoms with E-state index in [0.717, 1.165) is 25.9 Å². The van der Waals surface area contributed by atoms with Gasteiger partial charge in [0.1, 0.15) is 0 Å². The number of halogens is 4. The van der Waals surface area contributed by atoms with E-state index >= 15 is 0 Å². The topological polar surface area (TPSA) is 15.3 Å². The van der Waals surface area contributed by atoms with Crippen molar-refractivity contribution in [3.8, 4) is 0 Å². The zero-order chi connectivity index (χ0) is 14.3. The normalized spacial score (nSPS) is 26.8. The van der Waals surface area contributed by atoms with Crippen LogP contribution >= 0.6 is 15.9 Å². The molecular formula is C14H16BrF3N2. The van der Waals surface area contributed by atoms with Crippen molar-refractivity contribution in [2.75, 3.05) is 18.4 Å². The maximum absolute atomic E-state index is 12.9. The van der Waals surface area contributed by atoms with Crippen LogP contribution in [-0.4, -0.2) is 30.1 Å². The highest BCUT2D eigenvalue weighted by Gasteiger charge is 2.37. The molecule has 0 bridgehead atoms. The van der Waals surface area contributed by atoms with E-state index in [0.29, 0.717) is 11.7 Å². The largest absolute Gasteiger partial charge is 0.417 e. The molecule has 0 amide bonds. The summed E-state index contributed by atoms with van der Waals surface area (Å²) >= 11 is 2.97. The summed E-state index contributed by atoms with van der Waals surface area (Å²) in [6, 6.07) is 5.11. The van der Waals surface area contributed by atoms with Gasteiger partial charge in [0.05, 0.1) is 5.56 Å². The van der Waals surface area contributed by atoms with Gasteiger partial charge in [-0.2, -0.15) is 13.2 Å². The summed E-state index contributed by atoms with van der Waals surface area (Å²) in [7, 11) is 0. The summed E-state index contributed by atoms with van der Waals surface area (Å²) in [5.74, 6) is 0. The lowest BCUT2D eigenvalue weighted by atomic mass is 10.1. The summed E-state index contributed by atoms with van der Waals surface area (Å²) in [6.07, 6.45) is -0.995. The molecule has 110 valence electrons. The smallest absolute Gasteiger partial charge is 0.381 e. The van der Waals surface area contributed by atoms with Gasteiger partial charge in [-0.15, -0.1) is 0 Å². The van der Waals surface area contributed by atoms with E-state index < -0.39 is 11.7 Å². The molecule has 0 saturated carbocycles. The molecule has 0 spiro atoms. The Labute approximate surface area is 124 Å². The third kappa shape index (κ3) is 2.68. The maximum atomic E-state index is 12.9. The molecule has 1 aromatic rings. The summed E-state index contributed by atoms with van der Waals surface area (Å²) < 4.78 is 38.8. The molecule has 1 N–H and O–H groups in total. The quantitative estimate of drug-likeness (QED) is 0.864. The standard InChI is InChI=1S/C14H16BrF3N2/c15-11-4-3-9(8-10(11)14(16,17)18)19-12-5-7-20-6-1-2-13(12)20/h3-4,8,12-13,19H,1-2,5-7H2. The lowest BCUT2D eigenvalue weighted by Gasteiger charge is -2.23. The van der Waals surface area contributed by atoms with E-state index in [1.807, 2.05) is 0 Å². The molecule has 2 unspecified atom stereocenters. The molecule has 1 aromatic carbocycles. The van der Waals surface area contributed by atoms with Gasteiger partial charge in [-0.05, 0) is 44.0 Å². The van der Waals surface area contributed by atoms with Crippen molar-refractivity contribution < 1.29 is 13.2 Å². The van der Waals surface area contributed by atoms with Crippen molar-refractivity contribution in [2.45, 2.75) is 37.5 Å². The Morgan fingerprint density at radius 2 is 2.00 bits per heavy atom. The fourth-order valence-electron chi connectivity index (χ4n) is 3.30. The van der Waals surface area contributed by atoms with Crippen LogP contribution in [0.4, 0.5) is 18.9 Å². The first-order valence-electron chi connectivity index (χ1n) is 6.82. The third-order valence-corrected chi connectivity index (χ3v) is 4.92. The Morgan fingerprint density at radius 3 is 2.75 bits per heavy atom. The number of anilines is 1. The fraction of sp³-hybridized carbons (Fsp3) is 0.571. The van der Waals surface area contributed by atoms with E-state index in [9.17, 15) is 13.2 Å². The molecule has 2 fully saturated rings. The second-order valence-corrected chi connectivity index (χ2v) is 6.33. The predicted molar refractivity (Wildman–Crippen MR) is 75.8 cm³/mol. The number of alkyl halides is 3. The molecule has 2 aliphatic rings. The molecule has 2 saturated heterocycles. The first-order valence-corrected chi connectivity index (χ1v) is 7.62. The molecule has 2 atom stereocenters. The first-order chi connectivity index (χ1) is 9.45. The molecule has 3 rings (SSSR count). The zero-order valence-corrected chi connectivity index (χ0v) is 12.5. The van der Waals surface area contributed by atoms with Crippen molar-refractivity contribution in [1.82, 2.24) is 4.90 Å². The summed E-state index contributed by atoms with van der Waals surface area (Å²) in [4.78, 5) is 2.43. The van der Waals surface area contributed by atoms with Gasteiger partial charge in [0.25, 0.3) is 0 Å². The van der Waals surface area contributed by atoms with Crippen molar-refractivity contribution in [1.29, 1.82) is 0 Å². The number of nitrogens with one attached hydrogen (secondary N) is 1. The molecule has 0 radical (unpaired) electrons. The van der Waals surface area contributed by atoms with Crippen LogP contribution in [0.2, 0.25) is 0 Å². The number of fused-ring (bicyclic) bond motifs is 1. The summed E-state index contributed by atoms with van der Waals surface area (Å²) in [5.41, 5.74) is -0.0666. The molecule has 20 heavy (non-hydrogen) atoms. The Morgan fingerprint density at radius 1 is 1.20 bits per heavy atom. The average Bonchev–Trinajstić information content (AvgIpc) is 2.95. The van der Waals surface area contributed by atoms with Gasteiger partial charge in [-0.25, -0.2) is 0 Å². The van der Waals surface area contributed by atoms with Gasteiger partial charge in [0, 0.05) is 28.8 Å². The second kappa shape index (κ2) is 5.22. The van der Waals surface area contributed by atoms with Crippen LogP contribution in [0.1, 0.15) is 24.8 Å². The van der Waals surface area contributed by atoms with Gasteiger partial charge in [0.2, 0.25) is 0 Å². The van der Waals surface area contributed by atoms with Crippen molar-refractivity contribution in [3.63, 3.8) is 0 Å². The number of benzene rings is 1. The van der Waals surface area contributed by atoms with Crippen LogP contribution in [0.5, 0.6) is 0 Å². The highest BCUT2D eigenvalue weighted by molar-refractivity contribution is 9.10. The molecule has 2 nitrogen and oxygen atoms in total. The molecule has 0 aromatic heterocycles. The van der Waals surface area contributed by atoms with E-state index in [1.54, 1.807) is 6.07 Å². The maximum Gasteiger partial charge on any atom is 0.417 e. The molecule has 2 aliphatic heterocycles. The summed E-state index contributed by atoms with van der Waals surface area (Å²) in [5, 5.41) is 3.29. The van der Waals surface area contributed by atoms with Crippen LogP contribution in [-0.2, 0) is 6.18 Å². The molecule has 0 aliphatic carbocycles. The second-order valence-electron chi connectivity index (χ2n) is 5.48. The van der Waals surface area contributed by atoms with Crippen molar-refractivity contribution in [3.05, 3.63) is 28.2 Å². The highest BCUT2D eigenvalue weighted by Crippen LogP contribution is 2.37. The first kappa shape index (κ1) is 14.2. The minimum Gasteiger partial charge on any atom is -0.381 e. The van der Waals surface area contributed by atoms with E-state index in [4.69, 9.17) is 0 Å². The highest BCUT2D eigenvalue weighted by atomic mass is 79.9. The van der Waals surface area contributed by atoms with E-state index in [2.05, 4.69) is 26.1 Å². The average molecular weight is 349 g/mol. The predicted octanol–water partition coefficient (Wildman–Crippen LogP) is 4.12. The number of hydrogen-bond donors (Lipinski definition) is 1. The van der Waals surface area contributed by atoms with Crippen molar-refractivity contribution >= 4 is 21.6 Å². The van der Waals surface area contributed by atoms with Gasteiger partial charge < -0.3 is 5.32 Å². The summed E-state index contributed by atoms with van der Waals surface area (Å²) in [6.45, 7) is 2.17. The zero-order valence-electron chi connectivity index (χ0n) is 10.9. The molecule has 6 heteroatoms. The Bertz CT molecular complexity index is 504. The monoisotopic (exact) mass is 348 g/mol. The van der Waals surface area contributed by atoms with Crippen LogP contribution in [0.25, 0.3) is 0 Å². The van der Waals surface area contributed by atoms with Crippen LogP contribution in [0, 0.1) is 0 Å². The Kier molecular flexibility index (Phi) is 3.71. The molecular weight excluding hydrogens is 333 g/mol. The SMILES string of the molecule is FC(F)(F)c1cc(NC2CCN3CCCC23)ccc1Br. The van der Waals surface area contributed by atoms with Crippen LogP contribution in [0.15, 0.2) is 22.7 Å². The Hall–Kier alpha value is -0.750. The number of nitrogens with zero attached hydrogens (tertiary/aromatic N) is 1. The lowest BCUT2D eigenvalue weighted by molar-refractivity contribution is -0.138. The van der Waals surface area contributed by atoms with Crippen molar-refractivity contribution in [2.24, 2.45) is 0 Å². The van der Waals surface area contributed by atoms with E-state index in [1.165, 1.54) is 18.6 Å². The van der Waals surface area contributed by atoms with Gasteiger partial charge in [-0.1, -0.05) is 15.9 Å². The van der Waals surface area contributed by atoms with Crippen LogP contribution in [0.3, 0.4) is 0 Å². The van der Waals surface area contributed by atoms with Gasteiger partial charge in [0.15, 0.2) is 0 Å². The van der Waals surface area contributed by atoms with E-state index in [-0.39, 0.29) is 10.5 Å². The van der Waals surface area contributed by atoms with Gasteiger partial charge in [-0.3, -0.25) is 4.90 Å². The minimum absolute atomic E-state index is 0.0875.